The molecule has 8 nitrogen and oxygen atoms in total. The van der Waals surface area contributed by atoms with E-state index in [0.717, 1.165) is 53.9 Å². The van der Waals surface area contributed by atoms with Crippen molar-refractivity contribution in [2.45, 2.75) is 56.6 Å². The molecular formula is C27H37NO7. The molecule has 2 aromatic rings. The minimum atomic E-state index is -1.21. The van der Waals surface area contributed by atoms with Gasteiger partial charge in [0.15, 0.2) is 11.5 Å². The number of piperidine rings is 1. The van der Waals surface area contributed by atoms with Gasteiger partial charge in [-0.3, -0.25) is 4.90 Å². The lowest BCUT2D eigenvalue weighted by molar-refractivity contribution is -0.145. The number of unbranched alkanes of at least 4 members (excludes halogenated alkanes) is 2. The number of ether oxygens (including phenoxy) is 3. The summed E-state index contributed by atoms with van der Waals surface area (Å²) in [4.78, 5) is 1.85. The molecule has 0 amide bonds. The van der Waals surface area contributed by atoms with Crippen LogP contribution in [0, 0.1) is 0 Å². The third-order valence-electron chi connectivity index (χ3n) is 6.75. The van der Waals surface area contributed by atoms with E-state index in [2.05, 4.69) is 30.3 Å². The number of rotatable bonds is 10. The molecule has 0 bridgehead atoms. The monoisotopic (exact) mass is 487 g/mol. The highest BCUT2D eigenvalue weighted by Crippen LogP contribution is 2.34. The number of aliphatic hydroxyl groups is 4. The zero-order chi connectivity index (χ0) is 24.6. The highest BCUT2D eigenvalue weighted by molar-refractivity contribution is 5.67. The van der Waals surface area contributed by atoms with Gasteiger partial charge in [-0.05, 0) is 54.6 Å². The maximum absolute atomic E-state index is 10.1. The lowest BCUT2D eigenvalue weighted by atomic mass is 9.94. The van der Waals surface area contributed by atoms with Crippen molar-refractivity contribution < 1.29 is 34.6 Å². The number of hydrogen-bond acceptors (Lipinski definition) is 8. The van der Waals surface area contributed by atoms with Crippen LogP contribution in [0.1, 0.15) is 31.2 Å². The van der Waals surface area contributed by atoms with E-state index in [1.54, 1.807) is 0 Å². The molecule has 0 aromatic heterocycles. The quantitative estimate of drug-likeness (QED) is 0.377. The van der Waals surface area contributed by atoms with Gasteiger partial charge in [-0.1, -0.05) is 30.3 Å². The van der Waals surface area contributed by atoms with E-state index in [9.17, 15) is 20.4 Å². The van der Waals surface area contributed by atoms with Crippen molar-refractivity contribution in [3.8, 4) is 22.6 Å². The molecule has 4 atom stereocenters. The first kappa shape index (κ1) is 25.9. The first-order chi connectivity index (χ1) is 17.1. The number of hydrogen-bond donors (Lipinski definition) is 4. The highest BCUT2D eigenvalue weighted by Gasteiger charge is 2.40. The summed E-state index contributed by atoms with van der Waals surface area (Å²) in [7, 11) is 0. The van der Waals surface area contributed by atoms with Crippen LogP contribution in [-0.4, -0.2) is 89.2 Å². The Hall–Kier alpha value is -2.20. The Labute approximate surface area is 206 Å². The van der Waals surface area contributed by atoms with E-state index >= 15 is 0 Å². The van der Waals surface area contributed by atoms with Gasteiger partial charge >= 0.3 is 0 Å². The molecule has 0 radical (unpaired) electrons. The first-order valence-corrected chi connectivity index (χ1v) is 12.5. The predicted octanol–water partition coefficient (Wildman–Crippen LogP) is 1.96. The molecular weight excluding hydrogens is 450 g/mol. The van der Waals surface area contributed by atoms with Crippen LogP contribution in [0.2, 0.25) is 0 Å². The molecule has 0 saturated carbocycles. The second-order valence-corrected chi connectivity index (χ2v) is 9.32. The van der Waals surface area contributed by atoms with Crippen LogP contribution >= 0.6 is 0 Å². The summed E-state index contributed by atoms with van der Waals surface area (Å²) in [5.74, 6) is 1.60. The van der Waals surface area contributed by atoms with Gasteiger partial charge in [-0.2, -0.15) is 0 Å². The average Bonchev–Trinajstić information content (AvgIpc) is 3.12. The van der Waals surface area contributed by atoms with Crippen LogP contribution in [0.3, 0.4) is 0 Å². The second kappa shape index (κ2) is 12.7. The largest absolute Gasteiger partial charge is 0.490 e. The summed E-state index contributed by atoms with van der Waals surface area (Å²) >= 11 is 0. The second-order valence-electron chi connectivity index (χ2n) is 9.32. The third-order valence-corrected chi connectivity index (χ3v) is 6.75. The fourth-order valence-corrected chi connectivity index (χ4v) is 4.66. The predicted molar refractivity (Wildman–Crippen MR) is 131 cm³/mol. The summed E-state index contributed by atoms with van der Waals surface area (Å²) in [6.07, 6.45) is 0.240. The number of benzene rings is 2. The number of fused-ring (bicyclic) bond motifs is 1. The number of β-amino-alcohol motifs (C(OH)–C–C–N with tert-alkyl or cyclic N) is 1. The Morgan fingerprint density at radius 2 is 1.60 bits per heavy atom. The van der Waals surface area contributed by atoms with E-state index in [0.29, 0.717) is 33.0 Å². The van der Waals surface area contributed by atoms with Crippen molar-refractivity contribution in [3.63, 3.8) is 0 Å². The number of likely N-dealkylation sites (tertiary alicyclic amines) is 1. The van der Waals surface area contributed by atoms with Crippen molar-refractivity contribution in [2.75, 3.05) is 39.5 Å². The summed E-state index contributed by atoms with van der Waals surface area (Å²) in [5.41, 5.74) is 3.32. The van der Waals surface area contributed by atoms with Crippen LogP contribution in [0.4, 0.5) is 0 Å². The Bertz CT molecular complexity index is 922. The SMILES string of the molecule is OC[C@H]1[C@@H](O)[C@H](O)[C@@H](O)CN1CCCCCOCc1ccc(-c2ccc3c(c2)OCCCO3)cc1. The average molecular weight is 488 g/mol. The number of aliphatic hydroxyl groups excluding tert-OH is 4. The van der Waals surface area contributed by atoms with Crippen molar-refractivity contribution in [2.24, 2.45) is 0 Å². The molecule has 2 aliphatic heterocycles. The molecule has 1 fully saturated rings. The maximum atomic E-state index is 10.1. The molecule has 0 aliphatic carbocycles. The van der Waals surface area contributed by atoms with Crippen LogP contribution in [0.5, 0.6) is 11.5 Å². The minimum absolute atomic E-state index is 0.248. The lowest BCUT2D eigenvalue weighted by Gasteiger charge is -2.43. The Kier molecular flexibility index (Phi) is 9.37. The Morgan fingerprint density at radius 3 is 2.37 bits per heavy atom. The van der Waals surface area contributed by atoms with E-state index < -0.39 is 24.4 Å². The normalized spacial score (nSPS) is 24.8. The fraction of sp³-hybridized carbons (Fsp3) is 0.556. The van der Waals surface area contributed by atoms with Crippen LogP contribution in [0.25, 0.3) is 11.1 Å². The van der Waals surface area contributed by atoms with E-state index in [1.807, 2.05) is 17.0 Å². The maximum Gasteiger partial charge on any atom is 0.161 e. The van der Waals surface area contributed by atoms with Crippen molar-refractivity contribution in [1.82, 2.24) is 4.90 Å². The zero-order valence-electron chi connectivity index (χ0n) is 20.1. The van der Waals surface area contributed by atoms with Gasteiger partial charge in [0.1, 0.15) is 12.2 Å². The van der Waals surface area contributed by atoms with Crippen LogP contribution < -0.4 is 9.47 Å². The molecule has 192 valence electrons. The van der Waals surface area contributed by atoms with Crippen molar-refractivity contribution >= 4 is 0 Å². The molecule has 1 saturated heterocycles. The summed E-state index contributed by atoms with van der Waals surface area (Å²) < 4.78 is 17.3. The number of nitrogens with zero attached hydrogens (tertiary/aromatic N) is 1. The smallest absolute Gasteiger partial charge is 0.161 e. The lowest BCUT2D eigenvalue weighted by Crippen LogP contribution is -2.62. The zero-order valence-corrected chi connectivity index (χ0v) is 20.1. The third kappa shape index (κ3) is 6.73. The van der Waals surface area contributed by atoms with E-state index in [-0.39, 0.29) is 13.2 Å². The standard InChI is InChI=1S/C27H37NO7/c29-17-22-26(31)27(32)23(30)16-28(22)11-2-1-3-12-33-18-19-5-7-20(8-6-19)21-9-10-24-25(15-21)35-14-4-13-34-24/h5-10,15,22-23,26-27,29-32H,1-4,11-14,16-18H2/t22-,23-,26+,27+/m0/s1. The topological polar surface area (TPSA) is 112 Å². The van der Waals surface area contributed by atoms with E-state index in [4.69, 9.17) is 14.2 Å². The Balaban J connectivity index is 1.15. The highest BCUT2D eigenvalue weighted by atomic mass is 16.5. The van der Waals surface area contributed by atoms with Gasteiger partial charge in [0.25, 0.3) is 0 Å². The molecule has 2 aliphatic rings. The minimum Gasteiger partial charge on any atom is -0.490 e. The molecule has 35 heavy (non-hydrogen) atoms. The van der Waals surface area contributed by atoms with Gasteiger partial charge in [0, 0.05) is 19.6 Å². The first-order valence-electron chi connectivity index (χ1n) is 12.5. The molecule has 4 rings (SSSR count). The van der Waals surface area contributed by atoms with Gasteiger partial charge in [0.05, 0.1) is 38.6 Å². The van der Waals surface area contributed by atoms with E-state index in [1.165, 1.54) is 0 Å². The molecule has 4 N–H and O–H groups in total. The Morgan fingerprint density at radius 1 is 0.857 bits per heavy atom. The summed E-state index contributed by atoms with van der Waals surface area (Å²) in [5, 5.41) is 39.3. The summed E-state index contributed by atoms with van der Waals surface area (Å²) in [6.45, 7) is 3.21. The molecule has 0 spiro atoms. The van der Waals surface area contributed by atoms with Gasteiger partial charge < -0.3 is 34.6 Å². The van der Waals surface area contributed by atoms with Gasteiger partial charge in [-0.25, -0.2) is 0 Å². The van der Waals surface area contributed by atoms with Crippen LogP contribution in [0.15, 0.2) is 42.5 Å². The fourth-order valence-electron chi connectivity index (χ4n) is 4.66. The molecule has 0 unspecified atom stereocenters. The van der Waals surface area contributed by atoms with Gasteiger partial charge in [0.2, 0.25) is 0 Å². The van der Waals surface area contributed by atoms with Gasteiger partial charge in [-0.15, -0.1) is 0 Å². The molecule has 2 heterocycles. The van der Waals surface area contributed by atoms with Crippen molar-refractivity contribution in [1.29, 1.82) is 0 Å². The molecule has 8 heteroatoms. The van der Waals surface area contributed by atoms with Crippen LogP contribution in [-0.2, 0) is 11.3 Å². The molecule has 2 aromatic carbocycles. The summed E-state index contributed by atoms with van der Waals surface area (Å²) in [6, 6.07) is 13.8. The van der Waals surface area contributed by atoms with Crippen molar-refractivity contribution in [3.05, 3.63) is 48.0 Å².